The van der Waals surface area contributed by atoms with Crippen LogP contribution < -0.4 is 0 Å². The van der Waals surface area contributed by atoms with E-state index in [1.807, 2.05) is 6.07 Å². The second kappa shape index (κ2) is 6.28. The minimum atomic E-state index is -0.373. The number of carbonyl (C=O) groups is 1. The van der Waals surface area contributed by atoms with Crippen LogP contribution in [0.15, 0.2) is 17.0 Å². The van der Waals surface area contributed by atoms with Crippen LogP contribution in [-0.4, -0.2) is 17.7 Å². The molecule has 0 amide bonds. The van der Waals surface area contributed by atoms with E-state index in [4.69, 9.17) is 10.00 Å². The van der Waals surface area contributed by atoms with Crippen molar-refractivity contribution in [3.05, 3.63) is 28.8 Å². The standard InChI is InChI=1S/C12H13NO3S/c1-2-16-12(15)5-10-9(7-14)3-8(6-13)4-11(10)17/h3-4,14,17H,2,5,7H2,1H3. The Hall–Kier alpha value is -1.51. The highest BCUT2D eigenvalue weighted by atomic mass is 32.1. The van der Waals surface area contributed by atoms with Crippen LogP contribution in [0.5, 0.6) is 0 Å². The Kier molecular flexibility index (Phi) is 5.01. The molecule has 0 bridgehead atoms. The molecular weight excluding hydrogens is 238 g/mol. The molecule has 17 heavy (non-hydrogen) atoms. The number of esters is 1. The van der Waals surface area contributed by atoms with Crippen LogP contribution in [0.3, 0.4) is 0 Å². The molecule has 0 aliphatic rings. The van der Waals surface area contributed by atoms with E-state index in [-0.39, 0.29) is 19.0 Å². The first-order valence-corrected chi connectivity index (χ1v) is 5.58. The lowest BCUT2D eigenvalue weighted by molar-refractivity contribution is -0.142. The number of nitrogens with zero attached hydrogens (tertiary/aromatic N) is 1. The van der Waals surface area contributed by atoms with Crippen molar-refractivity contribution >= 4 is 18.6 Å². The van der Waals surface area contributed by atoms with Gasteiger partial charge in [0.2, 0.25) is 0 Å². The second-order valence-corrected chi connectivity index (χ2v) is 3.87. The summed E-state index contributed by atoms with van der Waals surface area (Å²) in [5.41, 5.74) is 1.54. The third kappa shape index (κ3) is 3.48. The van der Waals surface area contributed by atoms with Gasteiger partial charge in [-0.1, -0.05) is 0 Å². The van der Waals surface area contributed by atoms with Gasteiger partial charge in [0.05, 0.1) is 31.3 Å². The fraction of sp³-hybridized carbons (Fsp3) is 0.333. The number of carbonyl (C=O) groups excluding carboxylic acids is 1. The van der Waals surface area contributed by atoms with Gasteiger partial charge in [0.25, 0.3) is 0 Å². The van der Waals surface area contributed by atoms with E-state index >= 15 is 0 Å². The SMILES string of the molecule is CCOC(=O)Cc1c(S)cc(C#N)cc1CO. The van der Waals surface area contributed by atoms with Gasteiger partial charge in [-0.3, -0.25) is 4.79 Å². The van der Waals surface area contributed by atoms with E-state index in [1.165, 1.54) is 0 Å². The minimum absolute atomic E-state index is 0.0499. The number of hydrogen-bond donors (Lipinski definition) is 2. The van der Waals surface area contributed by atoms with Crippen molar-refractivity contribution in [1.82, 2.24) is 0 Å². The molecule has 1 N–H and O–H groups in total. The maximum atomic E-state index is 11.4. The molecule has 0 unspecified atom stereocenters. The van der Waals surface area contributed by atoms with E-state index in [1.54, 1.807) is 19.1 Å². The van der Waals surface area contributed by atoms with Crippen molar-refractivity contribution in [2.24, 2.45) is 0 Å². The first kappa shape index (κ1) is 13.6. The van der Waals surface area contributed by atoms with Gasteiger partial charge in [-0.05, 0) is 30.2 Å². The zero-order valence-electron chi connectivity index (χ0n) is 9.43. The summed E-state index contributed by atoms with van der Waals surface area (Å²) >= 11 is 4.22. The van der Waals surface area contributed by atoms with Crippen molar-refractivity contribution in [3.63, 3.8) is 0 Å². The van der Waals surface area contributed by atoms with Crippen molar-refractivity contribution < 1.29 is 14.6 Å². The van der Waals surface area contributed by atoms with Gasteiger partial charge in [-0.25, -0.2) is 0 Å². The molecule has 0 aliphatic heterocycles. The van der Waals surface area contributed by atoms with Gasteiger partial charge in [0.1, 0.15) is 0 Å². The molecular formula is C12H13NO3S. The smallest absolute Gasteiger partial charge is 0.310 e. The Morgan fingerprint density at radius 2 is 2.29 bits per heavy atom. The molecule has 4 nitrogen and oxygen atoms in total. The first-order valence-electron chi connectivity index (χ1n) is 5.13. The summed E-state index contributed by atoms with van der Waals surface area (Å²) < 4.78 is 4.84. The Balaban J connectivity index is 3.06. The number of benzene rings is 1. The normalized spacial score (nSPS) is 9.76. The molecule has 0 fully saturated rings. The van der Waals surface area contributed by atoms with E-state index in [0.29, 0.717) is 28.2 Å². The monoisotopic (exact) mass is 251 g/mol. The number of aliphatic hydroxyl groups excluding tert-OH is 1. The van der Waals surface area contributed by atoms with Crippen molar-refractivity contribution in [3.8, 4) is 6.07 Å². The van der Waals surface area contributed by atoms with E-state index in [9.17, 15) is 9.90 Å². The molecule has 0 aliphatic carbocycles. The van der Waals surface area contributed by atoms with Crippen LogP contribution in [0.2, 0.25) is 0 Å². The summed E-state index contributed by atoms with van der Waals surface area (Å²) in [6.07, 6.45) is 0.0499. The summed E-state index contributed by atoms with van der Waals surface area (Å²) in [4.78, 5) is 11.9. The predicted molar refractivity (Wildman–Crippen MR) is 64.7 cm³/mol. The molecule has 0 atom stereocenters. The highest BCUT2D eigenvalue weighted by molar-refractivity contribution is 7.80. The highest BCUT2D eigenvalue weighted by Gasteiger charge is 2.13. The Bertz CT molecular complexity index is 466. The lowest BCUT2D eigenvalue weighted by Crippen LogP contribution is -2.10. The second-order valence-electron chi connectivity index (χ2n) is 3.38. The molecule has 1 rings (SSSR count). The highest BCUT2D eigenvalue weighted by Crippen LogP contribution is 2.22. The maximum absolute atomic E-state index is 11.4. The van der Waals surface area contributed by atoms with Crippen molar-refractivity contribution in [2.75, 3.05) is 6.61 Å². The van der Waals surface area contributed by atoms with Crippen molar-refractivity contribution in [2.45, 2.75) is 24.8 Å². The average Bonchev–Trinajstić information content (AvgIpc) is 2.31. The molecule has 1 aromatic rings. The lowest BCUT2D eigenvalue weighted by atomic mass is 10.0. The fourth-order valence-electron chi connectivity index (χ4n) is 1.48. The number of thiol groups is 1. The first-order chi connectivity index (χ1) is 8.12. The van der Waals surface area contributed by atoms with Crippen LogP contribution >= 0.6 is 12.6 Å². The van der Waals surface area contributed by atoms with Crippen LogP contribution in [0.4, 0.5) is 0 Å². The number of aliphatic hydroxyl groups is 1. The summed E-state index contributed by atoms with van der Waals surface area (Å²) in [7, 11) is 0. The summed E-state index contributed by atoms with van der Waals surface area (Å²) in [5.74, 6) is -0.373. The quantitative estimate of drug-likeness (QED) is 0.627. The summed E-state index contributed by atoms with van der Waals surface area (Å²) in [6.45, 7) is 1.80. The Morgan fingerprint density at radius 3 is 2.82 bits per heavy atom. The average molecular weight is 251 g/mol. The van der Waals surface area contributed by atoms with E-state index < -0.39 is 0 Å². The zero-order chi connectivity index (χ0) is 12.8. The summed E-state index contributed by atoms with van der Waals surface area (Å²) in [6, 6.07) is 5.09. The Morgan fingerprint density at radius 1 is 1.59 bits per heavy atom. The van der Waals surface area contributed by atoms with Gasteiger partial charge in [-0.15, -0.1) is 12.6 Å². The molecule has 0 saturated carbocycles. The minimum Gasteiger partial charge on any atom is -0.466 e. The van der Waals surface area contributed by atoms with Gasteiger partial charge < -0.3 is 9.84 Å². The fourth-order valence-corrected chi connectivity index (χ4v) is 1.84. The number of rotatable bonds is 4. The molecule has 0 aromatic heterocycles. The van der Waals surface area contributed by atoms with Crippen molar-refractivity contribution in [1.29, 1.82) is 5.26 Å². The number of ether oxygens (including phenoxy) is 1. The lowest BCUT2D eigenvalue weighted by Gasteiger charge is -2.10. The van der Waals surface area contributed by atoms with Crippen LogP contribution in [-0.2, 0) is 22.6 Å². The van der Waals surface area contributed by atoms with E-state index in [0.717, 1.165) is 0 Å². The molecule has 1 aromatic carbocycles. The van der Waals surface area contributed by atoms with Gasteiger partial charge in [0.15, 0.2) is 0 Å². The molecule has 90 valence electrons. The van der Waals surface area contributed by atoms with E-state index in [2.05, 4.69) is 12.6 Å². The molecule has 0 spiro atoms. The largest absolute Gasteiger partial charge is 0.466 e. The van der Waals surface area contributed by atoms with Crippen LogP contribution in [0.1, 0.15) is 23.6 Å². The molecule has 0 radical (unpaired) electrons. The van der Waals surface area contributed by atoms with Crippen LogP contribution in [0, 0.1) is 11.3 Å². The maximum Gasteiger partial charge on any atom is 0.310 e. The topological polar surface area (TPSA) is 70.3 Å². The van der Waals surface area contributed by atoms with Crippen LogP contribution in [0.25, 0.3) is 0 Å². The number of nitriles is 1. The van der Waals surface area contributed by atoms with Gasteiger partial charge in [-0.2, -0.15) is 5.26 Å². The molecule has 5 heteroatoms. The van der Waals surface area contributed by atoms with Gasteiger partial charge in [0, 0.05) is 4.90 Å². The number of hydrogen-bond acceptors (Lipinski definition) is 5. The zero-order valence-corrected chi connectivity index (χ0v) is 10.3. The third-order valence-corrected chi connectivity index (χ3v) is 2.64. The predicted octanol–water partition coefficient (Wildman–Crippen LogP) is 1.44. The Labute approximate surface area is 105 Å². The molecule has 0 heterocycles. The van der Waals surface area contributed by atoms with Gasteiger partial charge >= 0.3 is 5.97 Å². The third-order valence-electron chi connectivity index (χ3n) is 2.24. The molecule has 0 saturated heterocycles. The summed E-state index contributed by atoms with van der Waals surface area (Å²) in [5, 5.41) is 18.0.